The SMILES string of the molecule is CS(=O)(=O)c1ccc([N+](=O)[O-])cc1N1CCOCC1. The molecule has 0 aliphatic carbocycles. The zero-order valence-corrected chi connectivity index (χ0v) is 11.2. The maximum atomic E-state index is 11.7. The van der Waals surface area contributed by atoms with Gasteiger partial charge in [-0.25, -0.2) is 8.42 Å². The minimum absolute atomic E-state index is 0.111. The van der Waals surface area contributed by atoms with Crippen LogP contribution in [0.3, 0.4) is 0 Å². The van der Waals surface area contributed by atoms with Crippen LogP contribution in [0.1, 0.15) is 0 Å². The van der Waals surface area contributed by atoms with Crippen molar-refractivity contribution in [3.8, 4) is 0 Å². The van der Waals surface area contributed by atoms with Crippen molar-refractivity contribution in [3.63, 3.8) is 0 Å². The molecule has 2 rings (SSSR count). The molecule has 0 unspecified atom stereocenters. The lowest BCUT2D eigenvalue weighted by molar-refractivity contribution is -0.384. The smallest absolute Gasteiger partial charge is 0.271 e. The van der Waals surface area contributed by atoms with Crippen molar-refractivity contribution in [2.45, 2.75) is 4.90 Å². The molecule has 1 aliphatic heterocycles. The molecule has 0 bridgehead atoms. The fraction of sp³-hybridized carbons (Fsp3) is 0.455. The molecule has 104 valence electrons. The summed E-state index contributed by atoms with van der Waals surface area (Å²) in [4.78, 5) is 12.2. The number of nitro groups is 1. The summed E-state index contributed by atoms with van der Waals surface area (Å²) in [5.74, 6) is 0. The van der Waals surface area contributed by atoms with Crippen molar-refractivity contribution in [3.05, 3.63) is 28.3 Å². The Morgan fingerprint density at radius 1 is 1.32 bits per heavy atom. The lowest BCUT2D eigenvalue weighted by atomic mass is 10.2. The van der Waals surface area contributed by atoms with Crippen molar-refractivity contribution in [1.29, 1.82) is 0 Å². The van der Waals surface area contributed by atoms with Gasteiger partial charge < -0.3 is 9.64 Å². The van der Waals surface area contributed by atoms with Crippen molar-refractivity contribution < 1.29 is 18.1 Å². The van der Waals surface area contributed by atoms with Gasteiger partial charge in [0.05, 0.1) is 28.7 Å². The lowest BCUT2D eigenvalue weighted by Gasteiger charge is -2.30. The van der Waals surface area contributed by atoms with Gasteiger partial charge in [0.2, 0.25) is 0 Å². The van der Waals surface area contributed by atoms with Gasteiger partial charge in [0.15, 0.2) is 9.84 Å². The molecule has 0 radical (unpaired) electrons. The highest BCUT2D eigenvalue weighted by Gasteiger charge is 2.23. The van der Waals surface area contributed by atoms with Crippen molar-refractivity contribution in [1.82, 2.24) is 0 Å². The molecule has 8 heteroatoms. The van der Waals surface area contributed by atoms with Gasteiger partial charge >= 0.3 is 0 Å². The molecule has 1 aromatic carbocycles. The number of hydrogen-bond acceptors (Lipinski definition) is 6. The van der Waals surface area contributed by atoms with Crippen LogP contribution in [0.15, 0.2) is 23.1 Å². The van der Waals surface area contributed by atoms with E-state index in [0.29, 0.717) is 32.0 Å². The molecular formula is C11H14N2O5S. The molecule has 1 aromatic rings. The van der Waals surface area contributed by atoms with Crippen LogP contribution in [-0.2, 0) is 14.6 Å². The van der Waals surface area contributed by atoms with Gasteiger partial charge in [-0.05, 0) is 6.07 Å². The molecule has 0 saturated carbocycles. The van der Waals surface area contributed by atoms with Crippen LogP contribution < -0.4 is 4.90 Å². The number of hydrogen-bond donors (Lipinski definition) is 0. The minimum Gasteiger partial charge on any atom is -0.378 e. The van der Waals surface area contributed by atoms with Crippen LogP contribution in [-0.4, -0.2) is 45.9 Å². The van der Waals surface area contributed by atoms with Gasteiger partial charge in [-0.15, -0.1) is 0 Å². The summed E-state index contributed by atoms with van der Waals surface area (Å²) in [5, 5.41) is 10.8. The molecule has 0 spiro atoms. The van der Waals surface area contributed by atoms with Crippen molar-refractivity contribution in [2.75, 3.05) is 37.5 Å². The monoisotopic (exact) mass is 286 g/mol. The summed E-state index contributed by atoms with van der Waals surface area (Å²) in [6, 6.07) is 3.81. The van der Waals surface area contributed by atoms with E-state index in [4.69, 9.17) is 4.74 Å². The zero-order valence-electron chi connectivity index (χ0n) is 10.4. The predicted molar refractivity (Wildman–Crippen MR) is 69.2 cm³/mol. The average molecular weight is 286 g/mol. The summed E-state index contributed by atoms with van der Waals surface area (Å²) in [5.41, 5.74) is 0.258. The van der Waals surface area contributed by atoms with Crippen LogP contribution in [0.2, 0.25) is 0 Å². The van der Waals surface area contributed by atoms with E-state index in [1.54, 1.807) is 4.90 Å². The number of sulfone groups is 1. The lowest BCUT2D eigenvalue weighted by Crippen LogP contribution is -2.37. The number of anilines is 1. The largest absolute Gasteiger partial charge is 0.378 e. The summed E-state index contributed by atoms with van der Waals surface area (Å²) >= 11 is 0. The number of nitro benzene ring substituents is 1. The number of ether oxygens (including phenoxy) is 1. The van der Waals surface area contributed by atoms with Gasteiger partial charge in [0.25, 0.3) is 5.69 Å². The number of non-ortho nitro benzene ring substituents is 1. The predicted octanol–water partition coefficient (Wildman–Crippen LogP) is 0.835. The molecule has 1 saturated heterocycles. The van der Waals surface area contributed by atoms with E-state index >= 15 is 0 Å². The highest BCUT2D eigenvalue weighted by Crippen LogP contribution is 2.30. The van der Waals surface area contributed by atoms with Crippen molar-refractivity contribution >= 4 is 21.2 Å². The van der Waals surface area contributed by atoms with Gasteiger partial charge in [0.1, 0.15) is 0 Å². The Morgan fingerprint density at radius 3 is 2.47 bits per heavy atom. The van der Waals surface area contributed by atoms with Gasteiger partial charge in [-0.3, -0.25) is 10.1 Å². The number of rotatable bonds is 3. The number of benzene rings is 1. The molecular weight excluding hydrogens is 272 g/mol. The fourth-order valence-corrected chi connectivity index (χ4v) is 2.87. The maximum Gasteiger partial charge on any atom is 0.271 e. The van der Waals surface area contributed by atoms with Crippen LogP contribution in [0.5, 0.6) is 0 Å². The van der Waals surface area contributed by atoms with E-state index in [2.05, 4.69) is 0 Å². The quantitative estimate of drug-likeness (QED) is 0.604. The third kappa shape index (κ3) is 3.02. The van der Waals surface area contributed by atoms with E-state index in [1.807, 2.05) is 0 Å². The van der Waals surface area contributed by atoms with Gasteiger partial charge in [-0.1, -0.05) is 0 Å². The first-order chi connectivity index (χ1) is 8.89. The van der Waals surface area contributed by atoms with Crippen LogP contribution >= 0.6 is 0 Å². The third-order valence-electron chi connectivity index (χ3n) is 2.90. The molecule has 0 N–H and O–H groups in total. The zero-order chi connectivity index (χ0) is 14.0. The first-order valence-electron chi connectivity index (χ1n) is 5.71. The molecule has 1 aliphatic rings. The van der Waals surface area contributed by atoms with Gasteiger partial charge in [-0.2, -0.15) is 0 Å². The molecule has 0 amide bonds. The average Bonchev–Trinajstić information content (AvgIpc) is 2.38. The van der Waals surface area contributed by atoms with Crippen LogP contribution in [0.4, 0.5) is 11.4 Å². The van der Waals surface area contributed by atoms with Crippen molar-refractivity contribution in [2.24, 2.45) is 0 Å². The maximum absolute atomic E-state index is 11.7. The summed E-state index contributed by atoms with van der Waals surface area (Å²) in [6.45, 7) is 1.99. The molecule has 1 heterocycles. The highest BCUT2D eigenvalue weighted by atomic mass is 32.2. The Bertz CT molecular complexity index is 593. The van der Waals surface area contributed by atoms with E-state index in [1.165, 1.54) is 18.2 Å². The fourth-order valence-electron chi connectivity index (χ4n) is 1.98. The highest BCUT2D eigenvalue weighted by molar-refractivity contribution is 7.90. The summed E-state index contributed by atoms with van der Waals surface area (Å²) < 4.78 is 28.7. The Kier molecular flexibility index (Phi) is 3.72. The summed E-state index contributed by atoms with van der Waals surface area (Å²) in [7, 11) is -3.43. The second kappa shape index (κ2) is 5.14. The minimum atomic E-state index is -3.43. The number of morpholine rings is 1. The van der Waals surface area contributed by atoms with E-state index in [9.17, 15) is 18.5 Å². The Morgan fingerprint density at radius 2 is 1.95 bits per heavy atom. The standard InChI is InChI=1S/C11H14N2O5S/c1-19(16,17)11-3-2-9(13(14)15)8-10(11)12-4-6-18-7-5-12/h2-3,8H,4-7H2,1H3. The second-order valence-electron chi connectivity index (χ2n) is 4.28. The molecule has 19 heavy (non-hydrogen) atoms. The molecule has 1 fully saturated rings. The van der Waals surface area contributed by atoms with Gasteiger partial charge in [0, 0.05) is 31.5 Å². The number of nitrogens with zero attached hydrogens (tertiary/aromatic N) is 2. The molecule has 0 atom stereocenters. The third-order valence-corrected chi connectivity index (χ3v) is 4.05. The first-order valence-corrected chi connectivity index (χ1v) is 7.60. The molecule has 7 nitrogen and oxygen atoms in total. The van der Waals surface area contributed by atoms with E-state index < -0.39 is 14.8 Å². The summed E-state index contributed by atoms with van der Waals surface area (Å²) in [6.07, 6.45) is 1.10. The van der Waals surface area contributed by atoms with E-state index in [-0.39, 0.29) is 10.6 Å². The molecule has 0 aromatic heterocycles. The normalized spacial score (nSPS) is 16.4. The van der Waals surface area contributed by atoms with Crippen LogP contribution in [0, 0.1) is 10.1 Å². The Balaban J connectivity index is 2.52. The van der Waals surface area contributed by atoms with E-state index in [0.717, 1.165) is 6.26 Å². The Labute approximate surface area is 110 Å². The first kappa shape index (κ1) is 13.8. The second-order valence-corrected chi connectivity index (χ2v) is 6.26. The Hall–Kier alpha value is -1.67. The van der Waals surface area contributed by atoms with Crippen LogP contribution in [0.25, 0.3) is 0 Å². The topological polar surface area (TPSA) is 89.8 Å².